The summed E-state index contributed by atoms with van der Waals surface area (Å²) in [6, 6.07) is 0. The third-order valence-electron chi connectivity index (χ3n) is 3.68. The standard InChI is InChI=1S/C13H20BrClN2O/c1-3-17-11(12(14)10(2)16-17)7-13(8-15)5-4-6-18-9-13/h3-9H2,1-2H3. The fraction of sp³-hybridized carbons (Fsp3) is 0.769. The molecule has 2 rings (SSSR count). The number of aromatic nitrogens is 2. The van der Waals surface area contributed by atoms with Crippen molar-refractivity contribution >= 4 is 27.5 Å². The molecule has 0 N–H and O–H groups in total. The summed E-state index contributed by atoms with van der Waals surface area (Å²) in [5.41, 5.74) is 2.37. The van der Waals surface area contributed by atoms with Crippen LogP contribution in [0.3, 0.4) is 0 Å². The zero-order valence-electron chi connectivity index (χ0n) is 11.0. The normalized spacial score (nSPS) is 24.4. The third-order valence-corrected chi connectivity index (χ3v) is 5.28. The molecule has 0 amide bonds. The Morgan fingerprint density at radius 3 is 2.89 bits per heavy atom. The van der Waals surface area contributed by atoms with Gasteiger partial charge in [0, 0.05) is 24.4 Å². The molecule has 1 unspecified atom stereocenters. The van der Waals surface area contributed by atoms with Gasteiger partial charge in [0.25, 0.3) is 0 Å². The van der Waals surface area contributed by atoms with Crippen molar-refractivity contribution in [2.75, 3.05) is 19.1 Å². The first kappa shape index (κ1) is 14.4. The van der Waals surface area contributed by atoms with Gasteiger partial charge in [0.15, 0.2) is 0 Å². The van der Waals surface area contributed by atoms with Crippen LogP contribution in [0.2, 0.25) is 0 Å². The molecule has 1 aliphatic rings. The van der Waals surface area contributed by atoms with Crippen molar-refractivity contribution in [3.8, 4) is 0 Å². The molecule has 1 aromatic heterocycles. The molecule has 1 aromatic rings. The van der Waals surface area contributed by atoms with Crippen molar-refractivity contribution in [2.24, 2.45) is 5.41 Å². The van der Waals surface area contributed by atoms with Crippen molar-refractivity contribution in [2.45, 2.75) is 39.7 Å². The zero-order chi connectivity index (χ0) is 13.2. The van der Waals surface area contributed by atoms with Crippen LogP contribution in [0.5, 0.6) is 0 Å². The summed E-state index contributed by atoms with van der Waals surface area (Å²) in [5, 5.41) is 4.55. The van der Waals surface area contributed by atoms with Gasteiger partial charge in [-0.15, -0.1) is 11.6 Å². The Morgan fingerprint density at radius 1 is 1.56 bits per heavy atom. The van der Waals surface area contributed by atoms with E-state index in [-0.39, 0.29) is 5.41 Å². The van der Waals surface area contributed by atoms with Crippen LogP contribution in [-0.2, 0) is 17.7 Å². The first-order valence-corrected chi connectivity index (χ1v) is 7.80. The highest BCUT2D eigenvalue weighted by Crippen LogP contribution is 2.36. The minimum Gasteiger partial charge on any atom is -0.381 e. The second-order valence-electron chi connectivity index (χ2n) is 5.13. The Bertz CT molecular complexity index is 413. The second kappa shape index (κ2) is 5.93. The van der Waals surface area contributed by atoms with Gasteiger partial charge in [-0.3, -0.25) is 4.68 Å². The fourth-order valence-electron chi connectivity index (χ4n) is 2.60. The summed E-state index contributed by atoms with van der Waals surface area (Å²) in [4.78, 5) is 0. The van der Waals surface area contributed by atoms with Crippen LogP contribution in [0, 0.1) is 12.3 Å². The van der Waals surface area contributed by atoms with Gasteiger partial charge in [0.05, 0.1) is 22.5 Å². The number of alkyl halides is 1. The van der Waals surface area contributed by atoms with Crippen LogP contribution in [0.1, 0.15) is 31.2 Å². The molecule has 18 heavy (non-hydrogen) atoms. The van der Waals surface area contributed by atoms with Crippen molar-refractivity contribution in [1.82, 2.24) is 9.78 Å². The molecule has 1 fully saturated rings. The smallest absolute Gasteiger partial charge is 0.0738 e. The van der Waals surface area contributed by atoms with E-state index in [1.807, 2.05) is 6.92 Å². The first-order valence-electron chi connectivity index (χ1n) is 6.47. The topological polar surface area (TPSA) is 27.1 Å². The maximum atomic E-state index is 6.22. The van der Waals surface area contributed by atoms with E-state index in [4.69, 9.17) is 16.3 Å². The molecule has 102 valence electrons. The largest absolute Gasteiger partial charge is 0.381 e. The number of aryl methyl sites for hydroxylation is 2. The van der Waals surface area contributed by atoms with Gasteiger partial charge in [0.2, 0.25) is 0 Å². The lowest BCUT2D eigenvalue weighted by molar-refractivity contribution is 0.00373. The minimum absolute atomic E-state index is 0.0711. The van der Waals surface area contributed by atoms with Gasteiger partial charge >= 0.3 is 0 Å². The van der Waals surface area contributed by atoms with Crippen LogP contribution in [0.15, 0.2) is 4.47 Å². The predicted molar refractivity (Wildman–Crippen MR) is 77.2 cm³/mol. The average molecular weight is 336 g/mol. The zero-order valence-corrected chi connectivity index (χ0v) is 13.4. The van der Waals surface area contributed by atoms with Gasteiger partial charge in [-0.25, -0.2) is 0 Å². The first-order chi connectivity index (χ1) is 8.62. The van der Waals surface area contributed by atoms with Crippen molar-refractivity contribution in [3.05, 3.63) is 15.9 Å². The third kappa shape index (κ3) is 2.75. The highest BCUT2D eigenvalue weighted by Gasteiger charge is 2.34. The van der Waals surface area contributed by atoms with E-state index < -0.39 is 0 Å². The van der Waals surface area contributed by atoms with Crippen molar-refractivity contribution in [1.29, 1.82) is 0 Å². The predicted octanol–water partition coefficient (Wildman–Crippen LogP) is 3.55. The van der Waals surface area contributed by atoms with E-state index in [1.54, 1.807) is 0 Å². The summed E-state index contributed by atoms with van der Waals surface area (Å²) in [5.74, 6) is 0.646. The van der Waals surface area contributed by atoms with E-state index in [1.165, 1.54) is 5.69 Å². The quantitative estimate of drug-likeness (QED) is 0.787. The Hall–Kier alpha value is -0.0600. The summed E-state index contributed by atoms with van der Waals surface area (Å²) in [6.07, 6.45) is 3.17. The van der Waals surface area contributed by atoms with Crippen molar-refractivity contribution < 1.29 is 4.74 Å². The summed E-state index contributed by atoms with van der Waals surface area (Å²) >= 11 is 9.87. The molecular weight excluding hydrogens is 316 g/mol. The maximum absolute atomic E-state index is 6.22. The van der Waals surface area contributed by atoms with Crippen LogP contribution in [0.25, 0.3) is 0 Å². The second-order valence-corrected chi connectivity index (χ2v) is 6.19. The lowest BCUT2D eigenvalue weighted by atomic mass is 9.80. The molecule has 0 aromatic carbocycles. The van der Waals surface area contributed by atoms with Gasteiger partial charge < -0.3 is 4.74 Å². The number of nitrogens with zero attached hydrogens (tertiary/aromatic N) is 2. The van der Waals surface area contributed by atoms with Crippen molar-refractivity contribution in [3.63, 3.8) is 0 Å². The monoisotopic (exact) mass is 334 g/mol. The van der Waals surface area contributed by atoms with Crippen LogP contribution < -0.4 is 0 Å². The van der Waals surface area contributed by atoms with Gasteiger partial charge in [0.1, 0.15) is 0 Å². The summed E-state index contributed by atoms with van der Waals surface area (Å²) < 4.78 is 8.84. The summed E-state index contributed by atoms with van der Waals surface area (Å²) in [7, 11) is 0. The Morgan fingerprint density at radius 2 is 2.33 bits per heavy atom. The summed E-state index contributed by atoms with van der Waals surface area (Å²) in [6.45, 7) is 6.67. The molecule has 0 bridgehead atoms. The molecule has 0 spiro atoms. The highest BCUT2D eigenvalue weighted by molar-refractivity contribution is 9.10. The molecule has 3 nitrogen and oxygen atoms in total. The van der Waals surface area contributed by atoms with Gasteiger partial charge in [-0.2, -0.15) is 5.10 Å². The molecule has 5 heteroatoms. The van der Waals surface area contributed by atoms with Crippen LogP contribution in [0.4, 0.5) is 0 Å². The van der Waals surface area contributed by atoms with E-state index in [0.717, 1.165) is 49.2 Å². The van der Waals surface area contributed by atoms with Crippen LogP contribution in [-0.4, -0.2) is 28.9 Å². The average Bonchev–Trinajstić information content (AvgIpc) is 2.67. The Kier molecular flexibility index (Phi) is 4.73. The van der Waals surface area contributed by atoms with Crippen LogP contribution >= 0.6 is 27.5 Å². The molecule has 2 heterocycles. The number of rotatable bonds is 4. The maximum Gasteiger partial charge on any atom is 0.0738 e. The molecule has 0 aliphatic carbocycles. The molecule has 1 saturated heterocycles. The van der Waals surface area contributed by atoms with Gasteiger partial charge in [-0.05, 0) is 49.0 Å². The van der Waals surface area contributed by atoms with E-state index in [0.29, 0.717) is 5.88 Å². The number of hydrogen-bond donors (Lipinski definition) is 0. The Labute approximate surface area is 122 Å². The fourth-order valence-corrected chi connectivity index (χ4v) is 3.32. The molecule has 0 saturated carbocycles. The highest BCUT2D eigenvalue weighted by atomic mass is 79.9. The number of halogens is 2. The number of hydrogen-bond acceptors (Lipinski definition) is 2. The van der Waals surface area contributed by atoms with E-state index >= 15 is 0 Å². The molecular formula is C13H20BrClN2O. The molecule has 1 aliphatic heterocycles. The SMILES string of the molecule is CCn1nc(C)c(Br)c1CC1(CCl)CCCOC1. The Balaban J connectivity index is 2.26. The lowest BCUT2D eigenvalue weighted by Gasteiger charge is -2.35. The molecule has 1 atom stereocenters. The van der Waals surface area contributed by atoms with E-state index in [9.17, 15) is 0 Å². The minimum atomic E-state index is 0.0711. The molecule has 0 radical (unpaired) electrons. The number of ether oxygens (including phenoxy) is 1. The lowest BCUT2D eigenvalue weighted by Crippen LogP contribution is -2.36. The van der Waals surface area contributed by atoms with E-state index in [2.05, 4.69) is 32.6 Å². The van der Waals surface area contributed by atoms with Gasteiger partial charge in [-0.1, -0.05) is 0 Å².